The predicted molar refractivity (Wildman–Crippen MR) is 57.3 cm³/mol. The first-order chi connectivity index (χ1) is 5.75. The van der Waals surface area contributed by atoms with Gasteiger partial charge in [0, 0.05) is 0 Å². The molecule has 0 radical (unpaired) electrons. The average Bonchev–Trinajstić information content (AvgIpc) is 1.81. The van der Waals surface area contributed by atoms with E-state index >= 15 is 0 Å². The SMILES string of the molecule is CC(C)(C)[Si](C)(C)C(C)(C)C(F)(F)F. The minimum Gasteiger partial charge on any atom is -0.171 e. The summed E-state index contributed by atoms with van der Waals surface area (Å²) in [7, 11) is -2.39. The molecule has 0 atom stereocenters. The molecular weight excluding hydrogens is 205 g/mol. The van der Waals surface area contributed by atoms with E-state index in [1.54, 1.807) is 0 Å². The van der Waals surface area contributed by atoms with E-state index in [4.69, 9.17) is 0 Å². The molecule has 0 N–H and O–H groups in total. The van der Waals surface area contributed by atoms with Crippen LogP contribution in [0.4, 0.5) is 13.2 Å². The smallest absolute Gasteiger partial charge is 0.171 e. The fourth-order valence-electron chi connectivity index (χ4n) is 1.29. The van der Waals surface area contributed by atoms with Crippen molar-refractivity contribution in [2.75, 3.05) is 0 Å². The molecule has 0 amide bonds. The van der Waals surface area contributed by atoms with Gasteiger partial charge in [0.25, 0.3) is 0 Å². The normalized spacial score (nSPS) is 15.9. The van der Waals surface area contributed by atoms with Crippen LogP contribution in [0.25, 0.3) is 0 Å². The summed E-state index contributed by atoms with van der Waals surface area (Å²) in [5.74, 6) is 0. The molecule has 0 aliphatic carbocycles. The van der Waals surface area contributed by atoms with E-state index in [0.717, 1.165) is 0 Å². The zero-order valence-corrected chi connectivity index (χ0v) is 11.1. The van der Waals surface area contributed by atoms with Gasteiger partial charge in [-0.05, 0) is 5.04 Å². The Balaban J connectivity index is 5.30. The van der Waals surface area contributed by atoms with Crippen molar-refractivity contribution in [3.05, 3.63) is 0 Å². The summed E-state index contributed by atoms with van der Waals surface area (Å²) >= 11 is 0. The van der Waals surface area contributed by atoms with Gasteiger partial charge < -0.3 is 0 Å². The standard InChI is InChI=1S/C10H21F3Si/c1-8(2,3)14(6,7)9(4,5)10(11,12)13/h1-7H3. The molecule has 0 aliphatic heterocycles. The van der Waals surface area contributed by atoms with Crippen molar-refractivity contribution in [1.82, 2.24) is 0 Å². The molecule has 0 saturated carbocycles. The number of hydrogen-bond donors (Lipinski definition) is 0. The molecule has 0 saturated heterocycles. The summed E-state index contributed by atoms with van der Waals surface area (Å²) in [5.41, 5.74) is 0. The minimum absolute atomic E-state index is 0.244. The topological polar surface area (TPSA) is 0 Å². The molecular formula is C10H21F3Si. The van der Waals surface area contributed by atoms with Gasteiger partial charge in [0.2, 0.25) is 0 Å². The Morgan fingerprint density at radius 2 is 1.07 bits per heavy atom. The van der Waals surface area contributed by atoms with Crippen LogP contribution in [0.5, 0.6) is 0 Å². The second-order valence-corrected chi connectivity index (χ2v) is 12.0. The van der Waals surface area contributed by atoms with Crippen LogP contribution in [0.3, 0.4) is 0 Å². The second-order valence-electron chi connectivity index (χ2n) is 6.00. The van der Waals surface area contributed by atoms with Crippen molar-refractivity contribution in [3.63, 3.8) is 0 Å². The maximum absolute atomic E-state index is 12.9. The first-order valence-corrected chi connectivity index (χ1v) is 7.82. The van der Waals surface area contributed by atoms with E-state index in [1.807, 2.05) is 33.9 Å². The third-order valence-electron chi connectivity index (χ3n) is 4.15. The van der Waals surface area contributed by atoms with Crippen LogP contribution < -0.4 is 0 Å². The lowest BCUT2D eigenvalue weighted by Crippen LogP contribution is -2.53. The van der Waals surface area contributed by atoms with Crippen LogP contribution in [0.15, 0.2) is 0 Å². The summed E-state index contributed by atoms with van der Waals surface area (Å²) in [6.07, 6.45) is -4.10. The first-order valence-electron chi connectivity index (χ1n) is 4.82. The van der Waals surface area contributed by atoms with Crippen LogP contribution in [0, 0.1) is 0 Å². The van der Waals surface area contributed by atoms with Gasteiger partial charge in [0.1, 0.15) is 0 Å². The van der Waals surface area contributed by atoms with Crippen molar-refractivity contribution in [1.29, 1.82) is 0 Å². The highest BCUT2D eigenvalue weighted by molar-refractivity contribution is 6.83. The van der Waals surface area contributed by atoms with E-state index in [0.29, 0.717) is 0 Å². The highest BCUT2D eigenvalue weighted by Crippen LogP contribution is 2.58. The van der Waals surface area contributed by atoms with Crippen LogP contribution in [0.2, 0.25) is 23.2 Å². The Kier molecular flexibility index (Phi) is 3.26. The predicted octanol–water partition coefficient (Wildman–Crippen LogP) is 4.84. The summed E-state index contributed by atoms with van der Waals surface area (Å²) < 4.78 is 38.7. The van der Waals surface area contributed by atoms with E-state index in [1.165, 1.54) is 13.8 Å². The highest BCUT2D eigenvalue weighted by atomic mass is 28.3. The van der Waals surface area contributed by atoms with Crippen molar-refractivity contribution in [2.45, 2.75) is 64.0 Å². The fourth-order valence-corrected chi connectivity index (χ4v) is 3.88. The molecule has 0 heterocycles. The molecule has 0 fully saturated rings. The summed E-state index contributed by atoms with van der Waals surface area (Å²) in [6.45, 7) is 12.0. The molecule has 0 unspecified atom stereocenters. The van der Waals surface area contributed by atoms with Crippen molar-refractivity contribution < 1.29 is 13.2 Å². The summed E-state index contributed by atoms with van der Waals surface area (Å²) in [4.78, 5) is 0. The van der Waals surface area contributed by atoms with Crippen LogP contribution in [-0.4, -0.2) is 14.3 Å². The first kappa shape index (κ1) is 14.0. The van der Waals surface area contributed by atoms with E-state index in [-0.39, 0.29) is 5.04 Å². The van der Waals surface area contributed by atoms with Gasteiger partial charge >= 0.3 is 6.18 Å². The third kappa shape index (κ3) is 1.99. The molecule has 86 valence electrons. The van der Waals surface area contributed by atoms with E-state index in [2.05, 4.69) is 0 Å². The lowest BCUT2D eigenvalue weighted by atomic mass is 10.2. The minimum atomic E-state index is -4.10. The lowest BCUT2D eigenvalue weighted by Gasteiger charge is -2.49. The number of alkyl halides is 3. The van der Waals surface area contributed by atoms with Crippen LogP contribution in [-0.2, 0) is 0 Å². The highest BCUT2D eigenvalue weighted by Gasteiger charge is 2.60. The van der Waals surface area contributed by atoms with Gasteiger partial charge in [0.05, 0.1) is 13.1 Å². The molecule has 0 aromatic rings. The van der Waals surface area contributed by atoms with Gasteiger partial charge in [-0.1, -0.05) is 47.7 Å². The molecule has 14 heavy (non-hydrogen) atoms. The summed E-state index contributed by atoms with van der Waals surface area (Å²) in [5, 5.41) is -1.79. The Labute approximate surface area is 85.9 Å². The van der Waals surface area contributed by atoms with Crippen molar-refractivity contribution in [2.24, 2.45) is 0 Å². The van der Waals surface area contributed by atoms with Crippen LogP contribution in [0.1, 0.15) is 34.6 Å². The van der Waals surface area contributed by atoms with Crippen molar-refractivity contribution in [3.8, 4) is 0 Å². The molecule has 4 heteroatoms. The molecule has 0 rings (SSSR count). The molecule has 0 aromatic carbocycles. The lowest BCUT2D eigenvalue weighted by molar-refractivity contribution is -0.160. The number of rotatable bonds is 1. The largest absolute Gasteiger partial charge is 0.391 e. The second kappa shape index (κ2) is 3.25. The number of hydrogen-bond acceptors (Lipinski definition) is 0. The molecule has 0 spiro atoms. The van der Waals surface area contributed by atoms with E-state index in [9.17, 15) is 13.2 Å². The maximum Gasteiger partial charge on any atom is 0.391 e. The Hall–Kier alpha value is 0.00688. The van der Waals surface area contributed by atoms with Gasteiger partial charge in [-0.15, -0.1) is 0 Å². The van der Waals surface area contributed by atoms with Gasteiger partial charge in [-0.3, -0.25) is 0 Å². The van der Waals surface area contributed by atoms with Gasteiger partial charge in [-0.25, -0.2) is 0 Å². The Bertz CT molecular complexity index is 184. The molecule has 0 aliphatic rings. The zero-order chi connectivity index (χ0) is 12.0. The fraction of sp³-hybridized carbons (Fsp3) is 1.00. The Morgan fingerprint density at radius 1 is 0.786 bits per heavy atom. The maximum atomic E-state index is 12.9. The zero-order valence-electron chi connectivity index (χ0n) is 10.1. The molecule has 0 aromatic heterocycles. The van der Waals surface area contributed by atoms with Gasteiger partial charge in [0.15, 0.2) is 0 Å². The van der Waals surface area contributed by atoms with Gasteiger partial charge in [-0.2, -0.15) is 13.2 Å². The van der Waals surface area contributed by atoms with Crippen LogP contribution >= 0.6 is 0 Å². The monoisotopic (exact) mass is 226 g/mol. The van der Waals surface area contributed by atoms with Crippen molar-refractivity contribution >= 4 is 8.07 Å². The summed E-state index contributed by atoms with van der Waals surface area (Å²) in [6, 6.07) is 0. The quantitative estimate of drug-likeness (QED) is 0.561. The third-order valence-corrected chi connectivity index (χ3v) is 11.3. The Morgan fingerprint density at radius 3 is 1.14 bits per heavy atom. The van der Waals surface area contributed by atoms with E-state index < -0.39 is 19.3 Å². The average molecular weight is 226 g/mol. The number of halogens is 3. The molecule has 0 bridgehead atoms. The molecule has 0 nitrogen and oxygen atoms in total.